The number of aliphatic hydroxyl groups excluding tert-OH is 1. The average Bonchev–Trinajstić information content (AvgIpc) is 3.81. The Balaban J connectivity index is 0.000000828. The van der Waals surface area contributed by atoms with E-state index in [4.69, 9.17) is 9.47 Å². The van der Waals surface area contributed by atoms with Gasteiger partial charge < -0.3 is 24.1 Å². The third-order valence-electron chi connectivity index (χ3n) is 10.7. The van der Waals surface area contributed by atoms with Crippen molar-refractivity contribution in [1.82, 2.24) is 0 Å². The lowest BCUT2D eigenvalue weighted by molar-refractivity contribution is -0.147. The van der Waals surface area contributed by atoms with Gasteiger partial charge in [-0.05, 0) is 83.5 Å². The Morgan fingerprint density at radius 1 is 0.930 bits per heavy atom. The minimum absolute atomic E-state index is 0.000556. The normalized spacial score (nSPS) is 23.6. The summed E-state index contributed by atoms with van der Waals surface area (Å²) in [6.07, 6.45) is 27.1. The van der Waals surface area contributed by atoms with Crippen LogP contribution in [-0.2, 0) is 38.1 Å². The highest BCUT2D eigenvalue weighted by Crippen LogP contribution is 2.49. The smallest absolute Gasteiger partial charge is 0.333 e. The minimum Gasteiger partial charge on any atom is -0.462 e. The molecule has 9 nitrogen and oxygen atoms in total. The largest absolute Gasteiger partial charge is 0.462 e. The van der Waals surface area contributed by atoms with Crippen molar-refractivity contribution < 1.29 is 43.2 Å². The molecule has 1 fully saturated rings. The molecule has 2 aliphatic carbocycles. The van der Waals surface area contributed by atoms with E-state index in [1.165, 1.54) is 103 Å². The van der Waals surface area contributed by atoms with E-state index in [9.17, 15) is 24.3 Å². The first-order chi connectivity index (χ1) is 27.2. The van der Waals surface area contributed by atoms with E-state index in [-0.39, 0.29) is 36.8 Å². The van der Waals surface area contributed by atoms with Crippen molar-refractivity contribution in [2.75, 3.05) is 19.8 Å². The molecule has 0 saturated heterocycles. The number of fused-ring (bicyclic) bond motifs is 1. The van der Waals surface area contributed by atoms with E-state index in [1.807, 2.05) is 27.7 Å². The number of carbonyl (C=O) groups is 4. The molecule has 1 N–H and O–H groups in total. The van der Waals surface area contributed by atoms with E-state index >= 15 is 0 Å². The van der Waals surface area contributed by atoms with Gasteiger partial charge in [0, 0.05) is 28.7 Å². The lowest BCUT2D eigenvalue weighted by Crippen LogP contribution is -2.27. The SMILES string of the molecule is C=C(C)C(=O)OC(C)C1CC(C)C2CC=CC21.C=CC(=O)OCC(O)COC(=O)C(=C)C.CC.CCCCCCCCC1/C=C(/C)C(=O)OCCCCCCCC1. The van der Waals surface area contributed by atoms with Gasteiger partial charge in [0.1, 0.15) is 25.4 Å². The van der Waals surface area contributed by atoms with Gasteiger partial charge in [-0.2, -0.15) is 0 Å². The molecule has 57 heavy (non-hydrogen) atoms. The number of esters is 4. The van der Waals surface area contributed by atoms with Crippen molar-refractivity contribution in [3.63, 3.8) is 0 Å². The number of rotatable bonds is 16. The Kier molecular flexibility index (Phi) is 30.5. The molecular weight excluding hydrogens is 721 g/mol. The first kappa shape index (κ1) is 53.5. The zero-order chi connectivity index (χ0) is 43.2. The predicted molar refractivity (Wildman–Crippen MR) is 231 cm³/mol. The first-order valence-corrected chi connectivity index (χ1v) is 21.9. The quantitative estimate of drug-likeness (QED) is 0.0534. The number of ether oxygens (including phenoxy) is 4. The Hall–Kier alpha value is -3.46. The van der Waals surface area contributed by atoms with Crippen LogP contribution in [0.3, 0.4) is 0 Å². The van der Waals surface area contributed by atoms with Gasteiger partial charge in [0.05, 0.1) is 6.61 Å². The van der Waals surface area contributed by atoms with E-state index in [0.29, 0.717) is 29.9 Å². The van der Waals surface area contributed by atoms with Gasteiger partial charge in [-0.25, -0.2) is 19.2 Å². The summed E-state index contributed by atoms with van der Waals surface area (Å²) in [5.74, 6) is 1.58. The molecule has 0 spiro atoms. The Bertz CT molecular complexity index is 1260. The molecule has 0 aromatic heterocycles. The van der Waals surface area contributed by atoms with E-state index in [1.54, 1.807) is 6.92 Å². The second kappa shape index (κ2) is 32.5. The standard InChI is InChI=1S/C21H38O2.C15H22O2.C10H14O5.C2H6/c1-3-4-5-6-9-12-15-20-16-13-10-7-8-11-14-17-23-21(22)19(2)18-20;1-9(2)15(16)17-11(4)14-8-10(3)12-6-5-7-13(12)14;1-4-9(12)14-5-8(11)6-15-10(13)7(2)3;1-2/h18,20H,3-17H2,1-2H3;5,7,10-14H,1,6,8H2,2-4H3;4,8,11H,1-2,5-6H2,3H3;1-2H3/b19-18-;;;. The molecule has 0 aromatic carbocycles. The highest BCUT2D eigenvalue weighted by Gasteiger charge is 2.44. The summed E-state index contributed by atoms with van der Waals surface area (Å²) in [5, 5.41) is 9.21. The number of cyclic esters (lactones) is 1. The molecule has 7 unspecified atom stereocenters. The summed E-state index contributed by atoms with van der Waals surface area (Å²) in [7, 11) is 0. The summed E-state index contributed by atoms with van der Waals surface area (Å²) < 4.78 is 20.0. The van der Waals surface area contributed by atoms with E-state index in [0.717, 1.165) is 29.9 Å². The highest BCUT2D eigenvalue weighted by molar-refractivity contribution is 5.88. The van der Waals surface area contributed by atoms with Crippen molar-refractivity contribution >= 4 is 23.9 Å². The van der Waals surface area contributed by atoms with Gasteiger partial charge in [0.15, 0.2) is 0 Å². The maximum atomic E-state index is 12.0. The fourth-order valence-electron chi connectivity index (χ4n) is 7.38. The molecule has 1 heterocycles. The fraction of sp³-hybridized carbons (Fsp3) is 0.708. The van der Waals surface area contributed by atoms with Crippen LogP contribution in [0.4, 0.5) is 0 Å². The number of carbonyl (C=O) groups excluding carboxylic acids is 4. The zero-order valence-electron chi connectivity index (χ0n) is 37.1. The molecule has 3 rings (SSSR count). The molecule has 3 aliphatic rings. The molecule has 0 amide bonds. The topological polar surface area (TPSA) is 125 Å². The third-order valence-corrected chi connectivity index (χ3v) is 10.7. The van der Waals surface area contributed by atoms with Crippen LogP contribution in [-0.4, -0.2) is 61.0 Å². The van der Waals surface area contributed by atoms with Crippen LogP contribution in [0.2, 0.25) is 0 Å². The molecule has 7 atom stereocenters. The summed E-state index contributed by atoms with van der Waals surface area (Å²) in [6, 6.07) is 0. The number of allylic oxidation sites excluding steroid dienone is 3. The summed E-state index contributed by atoms with van der Waals surface area (Å²) in [6.45, 7) is 26.0. The number of hydrogen-bond donors (Lipinski definition) is 1. The van der Waals surface area contributed by atoms with Gasteiger partial charge >= 0.3 is 23.9 Å². The summed E-state index contributed by atoms with van der Waals surface area (Å²) >= 11 is 0. The number of aliphatic hydroxyl groups is 1. The lowest BCUT2D eigenvalue weighted by atomic mass is 9.88. The van der Waals surface area contributed by atoms with Crippen molar-refractivity contribution in [2.24, 2.45) is 29.6 Å². The van der Waals surface area contributed by atoms with Gasteiger partial charge in [-0.3, -0.25) is 0 Å². The van der Waals surface area contributed by atoms with Crippen molar-refractivity contribution in [3.8, 4) is 0 Å². The maximum absolute atomic E-state index is 12.0. The average molecular weight is 801 g/mol. The molecule has 326 valence electrons. The second-order valence-corrected chi connectivity index (χ2v) is 15.8. The monoisotopic (exact) mass is 801 g/mol. The van der Waals surface area contributed by atoms with Crippen molar-refractivity contribution in [3.05, 3.63) is 60.8 Å². The van der Waals surface area contributed by atoms with Gasteiger partial charge in [-0.15, -0.1) is 0 Å². The van der Waals surface area contributed by atoms with Gasteiger partial charge in [-0.1, -0.05) is 136 Å². The van der Waals surface area contributed by atoms with Crippen LogP contribution in [0.15, 0.2) is 60.8 Å². The van der Waals surface area contributed by atoms with Crippen LogP contribution >= 0.6 is 0 Å². The first-order valence-electron chi connectivity index (χ1n) is 21.9. The molecule has 0 aromatic rings. The van der Waals surface area contributed by atoms with Crippen LogP contribution in [0.25, 0.3) is 0 Å². The third kappa shape index (κ3) is 24.2. The molecule has 9 heteroatoms. The lowest BCUT2D eigenvalue weighted by Gasteiger charge is -2.24. The second-order valence-electron chi connectivity index (χ2n) is 15.8. The zero-order valence-corrected chi connectivity index (χ0v) is 37.1. The Labute approximate surface area is 346 Å². The van der Waals surface area contributed by atoms with Gasteiger partial charge in [0.25, 0.3) is 0 Å². The van der Waals surface area contributed by atoms with Gasteiger partial charge in [0.2, 0.25) is 0 Å². The Morgan fingerprint density at radius 3 is 2.16 bits per heavy atom. The maximum Gasteiger partial charge on any atom is 0.333 e. The van der Waals surface area contributed by atoms with Crippen LogP contribution in [0.1, 0.15) is 158 Å². The molecule has 1 aliphatic heterocycles. The highest BCUT2D eigenvalue weighted by atomic mass is 16.6. The minimum atomic E-state index is -1.04. The van der Waals surface area contributed by atoms with Crippen molar-refractivity contribution in [2.45, 2.75) is 170 Å². The summed E-state index contributed by atoms with van der Waals surface area (Å²) in [5.41, 5.74) is 1.55. The van der Waals surface area contributed by atoms with Crippen molar-refractivity contribution in [1.29, 1.82) is 0 Å². The fourth-order valence-corrected chi connectivity index (χ4v) is 7.38. The molecule has 1 saturated carbocycles. The Morgan fingerprint density at radius 2 is 1.53 bits per heavy atom. The van der Waals surface area contributed by atoms with Crippen LogP contribution in [0.5, 0.6) is 0 Å². The van der Waals surface area contributed by atoms with E-state index < -0.39 is 18.0 Å². The van der Waals surface area contributed by atoms with E-state index in [2.05, 4.69) is 61.3 Å². The number of hydrogen-bond acceptors (Lipinski definition) is 9. The molecule has 0 radical (unpaired) electrons. The predicted octanol–water partition coefficient (Wildman–Crippen LogP) is 11.2. The van der Waals surface area contributed by atoms with Crippen LogP contribution < -0.4 is 0 Å². The molecular formula is C48H80O9. The molecule has 0 bridgehead atoms. The summed E-state index contributed by atoms with van der Waals surface area (Å²) in [4.78, 5) is 45.0. The number of unbranched alkanes of at least 4 members (excludes halogenated alkanes) is 5. The van der Waals surface area contributed by atoms with Crippen LogP contribution in [0, 0.1) is 29.6 Å².